The Kier molecular flexibility index (Phi) is 4.42. The predicted octanol–water partition coefficient (Wildman–Crippen LogP) is 3.06. The van der Waals surface area contributed by atoms with E-state index in [1.54, 1.807) is 18.4 Å². The second-order valence-electron chi connectivity index (χ2n) is 4.23. The number of aliphatic hydroxyl groups is 1. The second-order valence-corrected chi connectivity index (χ2v) is 4.67. The Morgan fingerprint density at radius 2 is 2.22 bits per heavy atom. The van der Waals surface area contributed by atoms with E-state index in [0.29, 0.717) is 18.8 Å². The first-order valence-electron chi connectivity index (χ1n) is 5.84. The SMILES string of the molecule is Cc1cc(Cl)ccc1CNC[C@@H](O)c1ccco1. The summed E-state index contributed by atoms with van der Waals surface area (Å²) in [6, 6.07) is 9.32. The lowest BCUT2D eigenvalue weighted by molar-refractivity contribution is 0.147. The minimum Gasteiger partial charge on any atom is -0.467 e. The molecule has 2 N–H and O–H groups in total. The fourth-order valence-electron chi connectivity index (χ4n) is 1.78. The van der Waals surface area contributed by atoms with Crippen molar-refractivity contribution in [2.24, 2.45) is 0 Å². The van der Waals surface area contributed by atoms with Crippen LogP contribution in [-0.2, 0) is 6.54 Å². The number of aliphatic hydroxyl groups excluding tert-OH is 1. The van der Waals surface area contributed by atoms with Crippen LogP contribution >= 0.6 is 11.6 Å². The van der Waals surface area contributed by atoms with Crippen molar-refractivity contribution in [2.45, 2.75) is 19.6 Å². The third kappa shape index (κ3) is 3.35. The molecule has 2 aromatic rings. The normalized spacial score (nSPS) is 12.6. The largest absolute Gasteiger partial charge is 0.467 e. The summed E-state index contributed by atoms with van der Waals surface area (Å²) in [5, 5.41) is 13.8. The molecular formula is C14H16ClNO2. The Morgan fingerprint density at radius 3 is 2.89 bits per heavy atom. The topological polar surface area (TPSA) is 45.4 Å². The van der Waals surface area contributed by atoms with Gasteiger partial charge in [0.1, 0.15) is 11.9 Å². The molecule has 0 saturated heterocycles. The highest BCUT2D eigenvalue weighted by Gasteiger charge is 2.09. The third-order valence-electron chi connectivity index (χ3n) is 2.83. The Hall–Kier alpha value is -1.29. The van der Waals surface area contributed by atoms with E-state index >= 15 is 0 Å². The molecule has 18 heavy (non-hydrogen) atoms. The average Bonchev–Trinajstić information content (AvgIpc) is 2.85. The smallest absolute Gasteiger partial charge is 0.133 e. The molecular weight excluding hydrogens is 250 g/mol. The van der Waals surface area contributed by atoms with Gasteiger partial charge in [-0.1, -0.05) is 17.7 Å². The standard InChI is InChI=1S/C14H16ClNO2/c1-10-7-12(15)5-4-11(10)8-16-9-13(17)14-3-2-6-18-14/h2-7,13,16-17H,8-9H2,1H3/t13-/m1/s1. The van der Waals surface area contributed by atoms with Crippen molar-refractivity contribution in [3.8, 4) is 0 Å². The van der Waals surface area contributed by atoms with Crippen molar-refractivity contribution in [3.05, 3.63) is 58.5 Å². The maximum absolute atomic E-state index is 9.82. The van der Waals surface area contributed by atoms with Crippen LogP contribution in [0.15, 0.2) is 41.0 Å². The molecule has 0 aliphatic heterocycles. The molecule has 2 rings (SSSR count). The van der Waals surface area contributed by atoms with Gasteiger partial charge in [0.2, 0.25) is 0 Å². The van der Waals surface area contributed by atoms with Gasteiger partial charge >= 0.3 is 0 Å². The molecule has 96 valence electrons. The first-order valence-corrected chi connectivity index (χ1v) is 6.22. The van der Waals surface area contributed by atoms with Crippen molar-refractivity contribution >= 4 is 11.6 Å². The summed E-state index contributed by atoms with van der Waals surface area (Å²) in [5.74, 6) is 0.579. The number of halogens is 1. The summed E-state index contributed by atoms with van der Waals surface area (Å²) in [4.78, 5) is 0. The van der Waals surface area contributed by atoms with Gasteiger partial charge in [-0.25, -0.2) is 0 Å². The van der Waals surface area contributed by atoms with Crippen LogP contribution in [0.25, 0.3) is 0 Å². The predicted molar refractivity (Wildman–Crippen MR) is 71.6 cm³/mol. The quantitative estimate of drug-likeness (QED) is 0.873. The summed E-state index contributed by atoms with van der Waals surface area (Å²) >= 11 is 5.90. The molecule has 3 nitrogen and oxygen atoms in total. The zero-order valence-electron chi connectivity index (χ0n) is 10.2. The van der Waals surface area contributed by atoms with Gasteiger partial charge in [0.15, 0.2) is 0 Å². The van der Waals surface area contributed by atoms with Gasteiger partial charge in [-0.3, -0.25) is 0 Å². The van der Waals surface area contributed by atoms with Crippen molar-refractivity contribution in [2.75, 3.05) is 6.54 Å². The molecule has 0 aliphatic rings. The van der Waals surface area contributed by atoms with Crippen LogP contribution in [0.1, 0.15) is 23.0 Å². The van der Waals surface area contributed by atoms with Gasteiger partial charge in [0.05, 0.1) is 6.26 Å². The van der Waals surface area contributed by atoms with Crippen molar-refractivity contribution in [1.82, 2.24) is 5.32 Å². The lowest BCUT2D eigenvalue weighted by Gasteiger charge is -2.11. The first-order chi connectivity index (χ1) is 8.66. The molecule has 0 saturated carbocycles. The number of rotatable bonds is 5. The van der Waals surface area contributed by atoms with Crippen LogP contribution < -0.4 is 5.32 Å². The minimum atomic E-state index is -0.618. The summed E-state index contributed by atoms with van der Waals surface area (Å²) in [6.07, 6.45) is 0.939. The summed E-state index contributed by atoms with van der Waals surface area (Å²) in [6.45, 7) is 3.17. The lowest BCUT2D eigenvalue weighted by atomic mass is 10.1. The third-order valence-corrected chi connectivity index (χ3v) is 3.06. The van der Waals surface area contributed by atoms with Gasteiger partial charge in [-0.05, 0) is 42.3 Å². The summed E-state index contributed by atoms with van der Waals surface area (Å²) < 4.78 is 5.13. The van der Waals surface area contributed by atoms with Gasteiger partial charge in [0.25, 0.3) is 0 Å². The van der Waals surface area contributed by atoms with Crippen LogP contribution in [0.4, 0.5) is 0 Å². The molecule has 1 aromatic carbocycles. The lowest BCUT2D eigenvalue weighted by Crippen LogP contribution is -2.21. The maximum Gasteiger partial charge on any atom is 0.133 e. The number of nitrogens with one attached hydrogen (secondary N) is 1. The van der Waals surface area contributed by atoms with Gasteiger partial charge in [0, 0.05) is 18.1 Å². The van der Waals surface area contributed by atoms with Crippen LogP contribution in [-0.4, -0.2) is 11.7 Å². The Morgan fingerprint density at radius 1 is 1.39 bits per heavy atom. The van der Waals surface area contributed by atoms with Gasteiger partial charge in [-0.2, -0.15) is 0 Å². The van der Waals surface area contributed by atoms with E-state index in [9.17, 15) is 5.11 Å². The zero-order chi connectivity index (χ0) is 13.0. The number of benzene rings is 1. The molecule has 4 heteroatoms. The molecule has 0 amide bonds. The van der Waals surface area contributed by atoms with Crippen LogP contribution in [0.2, 0.25) is 5.02 Å². The molecule has 0 aliphatic carbocycles. The van der Waals surface area contributed by atoms with E-state index in [4.69, 9.17) is 16.0 Å². The number of aryl methyl sites for hydroxylation is 1. The van der Waals surface area contributed by atoms with Gasteiger partial charge < -0.3 is 14.8 Å². The van der Waals surface area contributed by atoms with E-state index in [-0.39, 0.29) is 0 Å². The summed E-state index contributed by atoms with van der Waals surface area (Å²) in [5.41, 5.74) is 2.31. The highest BCUT2D eigenvalue weighted by atomic mass is 35.5. The zero-order valence-corrected chi connectivity index (χ0v) is 10.9. The molecule has 1 aromatic heterocycles. The van der Waals surface area contributed by atoms with Gasteiger partial charge in [-0.15, -0.1) is 0 Å². The molecule has 1 heterocycles. The van der Waals surface area contributed by atoms with E-state index in [1.807, 2.05) is 25.1 Å². The van der Waals surface area contributed by atoms with E-state index in [0.717, 1.165) is 10.6 Å². The molecule has 1 atom stereocenters. The van der Waals surface area contributed by atoms with Crippen LogP contribution in [0.5, 0.6) is 0 Å². The Bertz CT molecular complexity index is 497. The molecule has 0 unspecified atom stereocenters. The number of hydrogen-bond acceptors (Lipinski definition) is 3. The molecule has 0 fully saturated rings. The second kappa shape index (κ2) is 6.05. The Labute approximate surface area is 111 Å². The van der Waals surface area contributed by atoms with E-state index in [1.165, 1.54) is 5.56 Å². The average molecular weight is 266 g/mol. The fourth-order valence-corrected chi connectivity index (χ4v) is 2.01. The van der Waals surface area contributed by atoms with Crippen LogP contribution in [0, 0.1) is 6.92 Å². The van der Waals surface area contributed by atoms with Crippen LogP contribution in [0.3, 0.4) is 0 Å². The van der Waals surface area contributed by atoms with Crippen molar-refractivity contribution < 1.29 is 9.52 Å². The first kappa shape index (κ1) is 13.1. The number of furan rings is 1. The maximum atomic E-state index is 9.82. The molecule has 0 bridgehead atoms. The fraction of sp³-hybridized carbons (Fsp3) is 0.286. The summed E-state index contributed by atoms with van der Waals surface area (Å²) in [7, 11) is 0. The highest BCUT2D eigenvalue weighted by molar-refractivity contribution is 6.30. The van der Waals surface area contributed by atoms with E-state index in [2.05, 4.69) is 5.32 Å². The van der Waals surface area contributed by atoms with Crippen molar-refractivity contribution in [1.29, 1.82) is 0 Å². The highest BCUT2D eigenvalue weighted by Crippen LogP contribution is 2.16. The number of hydrogen-bond donors (Lipinski definition) is 2. The Balaban J connectivity index is 1.85. The molecule has 0 spiro atoms. The minimum absolute atomic E-state index is 0.454. The van der Waals surface area contributed by atoms with Crippen molar-refractivity contribution in [3.63, 3.8) is 0 Å². The monoisotopic (exact) mass is 265 g/mol. The van der Waals surface area contributed by atoms with E-state index < -0.39 is 6.10 Å². The molecule has 0 radical (unpaired) electrons.